The van der Waals surface area contributed by atoms with Crippen LogP contribution in [0.15, 0.2) is 24.3 Å². The van der Waals surface area contributed by atoms with Crippen LogP contribution in [-0.4, -0.2) is 36.7 Å². The zero-order chi connectivity index (χ0) is 13.1. The summed E-state index contributed by atoms with van der Waals surface area (Å²) in [7, 11) is 0. The molecule has 0 spiro atoms. The Hall–Kier alpha value is -0.610. The zero-order valence-electron chi connectivity index (χ0n) is 11.0. The standard InChI is InChI=1S/C14H21ClN2O/c1-10-9-17(7-8-18-10)14(11(2)16)12-3-5-13(15)6-4-12/h3-6,10-11,14H,7-9,16H2,1-2H3. The molecule has 1 aliphatic rings. The van der Waals surface area contributed by atoms with E-state index in [9.17, 15) is 0 Å². The number of nitrogens with two attached hydrogens (primary N) is 1. The highest BCUT2D eigenvalue weighted by Gasteiger charge is 2.27. The molecule has 1 heterocycles. The van der Waals surface area contributed by atoms with Gasteiger partial charge in [-0.1, -0.05) is 23.7 Å². The number of ether oxygens (including phenoxy) is 1. The van der Waals surface area contributed by atoms with Gasteiger partial charge < -0.3 is 10.5 Å². The predicted octanol–water partition coefficient (Wildman–Crippen LogP) is 2.45. The number of hydrogen-bond acceptors (Lipinski definition) is 3. The highest BCUT2D eigenvalue weighted by atomic mass is 35.5. The highest BCUT2D eigenvalue weighted by molar-refractivity contribution is 6.30. The number of benzene rings is 1. The lowest BCUT2D eigenvalue weighted by molar-refractivity contribution is -0.0376. The summed E-state index contributed by atoms with van der Waals surface area (Å²) in [5.74, 6) is 0. The number of nitrogens with zero attached hydrogens (tertiary/aromatic N) is 1. The molecule has 100 valence electrons. The van der Waals surface area contributed by atoms with Gasteiger partial charge in [0.25, 0.3) is 0 Å². The summed E-state index contributed by atoms with van der Waals surface area (Å²) in [5.41, 5.74) is 7.39. The second-order valence-electron chi connectivity index (χ2n) is 5.03. The Balaban J connectivity index is 2.19. The quantitative estimate of drug-likeness (QED) is 0.915. The lowest BCUT2D eigenvalue weighted by Gasteiger charge is -2.39. The lowest BCUT2D eigenvalue weighted by Crippen LogP contribution is -2.47. The van der Waals surface area contributed by atoms with Crippen molar-refractivity contribution in [2.75, 3.05) is 19.7 Å². The fourth-order valence-corrected chi connectivity index (χ4v) is 2.73. The van der Waals surface area contributed by atoms with E-state index < -0.39 is 0 Å². The van der Waals surface area contributed by atoms with Crippen LogP contribution in [0.4, 0.5) is 0 Å². The van der Waals surface area contributed by atoms with Gasteiger partial charge in [0, 0.05) is 30.2 Å². The second-order valence-corrected chi connectivity index (χ2v) is 5.47. The van der Waals surface area contributed by atoms with Crippen LogP contribution in [0.25, 0.3) is 0 Å². The van der Waals surface area contributed by atoms with Crippen LogP contribution < -0.4 is 5.73 Å². The Morgan fingerprint density at radius 3 is 2.61 bits per heavy atom. The first-order chi connectivity index (χ1) is 8.58. The van der Waals surface area contributed by atoms with Crippen LogP contribution in [0.5, 0.6) is 0 Å². The van der Waals surface area contributed by atoms with Crippen LogP contribution in [-0.2, 0) is 4.74 Å². The van der Waals surface area contributed by atoms with Crippen molar-refractivity contribution in [3.63, 3.8) is 0 Å². The summed E-state index contributed by atoms with van der Waals surface area (Å²) in [6.07, 6.45) is 0.271. The van der Waals surface area contributed by atoms with Crippen molar-refractivity contribution < 1.29 is 4.74 Å². The van der Waals surface area contributed by atoms with Gasteiger partial charge in [-0.25, -0.2) is 0 Å². The summed E-state index contributed by atoms with van der Waals surface area (Å²) >= 11 is 5.94. The third-order valence-corrected chi connectivity index (χ3v) is 3.63. The van der Waals surface area contributed by atoms with Gasteiger partial charge in [-0.2, -0.15) is 0 Å². The average molecular weight is 269 g/mol. The Labute approximate surface area is 114 Å². The molecule has 3 unspecified atom stereocenters. The Kier molecular flexibility index (Phi) is 4.62. The van der Waals surface area contributed by atoms with Crippen molar-refractivity contribution in [1.82, 2.24) is 4.90 Å². The minimum Gasteiger partial charge on any atom is -0.376 e. The van der Waals surface area contributed by atoms with Crippen LogP contribution in [0.3, 0.4) is 0 Å². The fraction of sp³-hybridized carbons (Fsp3) is 0.571. The lowest BCUT2D eigenvalue weighted by atomic mass is 9.98. The molecule has 18 heavy (non-hydrogen) atoms. The Bertz CT molecular complexity index is 380. The SMILES string of the molecule is CC1CN(C(c2ccc(Cl)cc2)C(C)N)CCO1. The molecule has 3 atom stereocenters. The third kappa shape index (κ3) is 3.23. The molecule has 1 fully saturated rings. The van der Waals surface area contributed by atoms with Crippen molar-refractivity contribution in [2.45, 2.75) is 32.0 Å². The first-order valence-electron chi connectivity index (χ1n) is 6.44. The highest BCUT2D eigenvalue weighted by Crippen LogP contribution is 2.26. The Morgan fingerprint density at radius 2 is 2.06 bits per heavy atom. The average Bonchev–Trinajstić information content (AvgIpc) is 2.32. The molecule has 4 heteroatoms. The molecule has 1 aliphatic heterocycles. The van der Waals surface area contributed by atoms with Gasteiger partial charge in [-0.15, -0.1) is 0 Å². The maximum Gasteiger partial charge on any atom is 0.0674 e. The molecule has 1 aromatic rings. The topological polar surface area (TPSA) is 38.5 Å². The van der Waals surface area contributed by atoms with Crippen LogP contribution in [0.2, 0.25) is 5.02 Å². The summed E-state index contributed by atoms with van der Waals surface area (Å²) < 4.78 is 5.59. The van der Waals surface area contributed by atoms with Gasteiger partial charge in [-0.05, 0) is 31.5 Å². The van der Waals surface area contributed by atoms with E-state index in [-0.39, 0.29) is 18.2 Å². The fourth-order valence-electron chi connectivity index (χ4n) is 2.60. The molecule has 0 amide bonds. The van der Waals surface area contributed by atoms with Gasteiger partial charge in [0.15, 0.2) is 0 Å². The summed E-state index contributed by atoms with van der Waals surface area (Å²) in [6, 6.07) is 8.30. The molecule has 3 nitrogen and oxygen atoms in total. The van der Waals surface area contributed by atoms with E-state index in [2.05, 4.69) is 30.9 Å². The molecular weight excluding hydrogens is 248 g/mol. The summed E-state index contributed by atoms with van der Waals surface area (Å²) in [6.45, 7) is 6.79. The van der Waals surface area contributed by atoms with Crippen LogP contribution in [0, 0.1) is 0 Å². The molecule has 0 radical (unpaired) electrons. The van der Waals surface area contributed by atoms with E-state index in [1.165, 1.54) is 5.56 Å². The first kappa shape index (κ1) is 13.8. The smallest absolute Gasteiger partial charge is 0.0674 e. The van der Waals surface area contributed by atoms with E-state index in [1.54, 1.807) is 0 Å². The van der Waals surface area contributed by atoms with E-state index in [1.807, 2.05) is 12.1 Å². The van der Waals surface area contributed by atoms with E-state index >= 15 is 0 Å². The number of halogens is 1. The van der Waals surface area contributed by atoms with Crippen molar-refractivity contribution in [1.29, 1.82) is 0 Å². The van der Waals surface area contributed by atoms with Crippen molar-refractivity contribution in [3.05, 3.63) is 34.9 Å². The van der Waals surface area contributed by atoms with Crippen LogP contribution in [0.1, 0.15) is 25.5 Å². The minimum atomic E-state index is 0.0801. The van der Waals surface area contributed by atoms with E-state index in [0.29, 0.717) is 0 Å². The zero-order valence-corrected chi connectivity index (χ0v) is 11.7. The molecule has 1 saturated heterocycles. The molecule has 0 aromatic heterocycles. The maximum absolute atomic E-state index is 6.17. The van der Waals surface area contributed by atoms with Gasteiger partial charge in [-0.3, -0.25) is 4.90 Å². The van der Waals surface area contributed by atoms with Crippen LogP contribution >= 0.6 is 11.6 Å². The summed E-state index contributed by atoms with van der Waals surface area (Å²) in [4.78, 5) is 2.40. The van der Waals surface area contributed by atoms with Crippen molar-refractivity contribution in [3.8, 4) is 0 Å². The molecule has 2 rings (SSSR count). The second kappa shape index (κ2) is 6.02. The minimum absolute atomic E-state index is 0.0801. The largest absolute Gasteiger partial charge is 0.376 e. The molecule has 2 N–H and O–H groups in total. The van der Waals surface area contributed by atoms with Gasteiger partial charge in [0.05, 0.1) is 12.7 Å². The Morgan fingerprint density at radius 1 is 1.39 bits per heavy atom. The van der Waals surface area contributed by atoms with Gasteiger partial charge >= 0.3 is 0 Å². The monoisotopic (exact) mass is 268 g/mol. The van der Waals surface area contributed by atoms with Gasteiger partial charge in [0.1, 0.15) is 0 Å². The van der Waals surface area contributed by atoms with E-state index in [0.717, 1.165) is 24.7 Å². The van der Waals surface area contributed by atoms with E-state index in [4.69, 9.17) is 22.1 Å². The molecule has 0 bridgehead atoms. The number of morpholine rings is 1. The van der Waals surface area contributed by atoms with Crippen molar-refractivity contribution >= 4 is 11.6 Å². The van der Waals surface area contributed by atoms with Crippen molar-refractivity contribution in [2.24, 2.45) is 5.73 Å². The maximum atomic E-state index is 6.17. The molecule has 0 aliphatic carbocycles. The number of hydrogen-bond donors (Lipinski definition) is 1. The summed E-state index contributed by atoms with van der Waals surface area (Å²) in [5, 5.41) is 0.762. The predicted molar refractivity (Wildman–Crippen MR) is 74.8 cm³/mol. The molecule has 1 aromatic carbocycles. The molecule has 0 saturated carbocycles. The first-order valence-corrected chi connectivity index (χ1v) is 6.82. The normalized spacial score (nSPS) is 24.8. The molecular formula is C14H21ClN2O. The van der Waals surface area contributed by atoms with Gasteiger partial charge in [0.2, 0.25) is 0 Å². The number of rotatable bonds is 3. The third-order valence-electron chi connectivity index (χ3n) is 3.38.